The van der Waals surface area contributed by atoms with Gasteiger partial charge in [-0.15, -0.1) is 0 Å². The van der Waals surface area contributed by atoms with Gasteiger partial charge in [-0.05, 0) is 6.42 Å². The van der Waals surface area contributed by atoms with Crippen LogP contribution in [-0.2, 0) is 0 Å². The normalized spacial score (nSPS) is 12.0. The van der Waals surface area contributed by atoms with E-state index in [0.717, 1.165) is 30.7 Å². The molecule has 0 amide bonds. The van der Waals surface area contributed by atoms with Gasteiger partial charge in [0.25, 0.3) is 0 Å². The lowest BCUT2D eigenvalue weighted by molar-refractivity contribution is -0.906. The maximum Gasteiger partial charge on any atom is 0.0909 e. The Kier molecular flexibility index (Phi) is 5.46. The van der Waals surface area contributed by atoms with Crippen molar-refractivity contribution in [1.82, 2.24) is 0 Å². The van der Waals surface area contributed by atoms with Gasteiger partial charge in [0, 0.05) is 13.1 Å². The van der Waals surface area contributed by atoms with Crippen molar-refractivity contribution >= 4 is 0 Å². The van der Waals surface area contributed by atoms with E-state index in [9.17, 15) is 0 Å². The van der Waals surface area contributed by atoms with E-state index in [1.807, 2.05) is 0 Å². The van der Waals surface area contributed by atoms with E-state index in [2.05, 4.69) is 14.0 Å². The molecule has 3 heteroatoms. The summed E-state index contributed by atoms with van der Waals surface area (Å²) >= 11 is 0. The Hall–Kier alpha value is -0.120. The highest BCUT2D eigenvalue weighted by Crippen LogP contribution is 2.01. The van der Waals surface area contributed by atoms with Gasteiger partial charge in [-0.25, -0.2) is 0 Å². The zero-order valence-electron chi connectivity index (χ0n) is 7.84. The molecule has 0 radical (unpaired) electrons. The van der Waals surface area contributed by atoms with Crippen LogP contribution in [0, 0.1) is 0 Å². The Morgan fingerprint density at radius 1 is 1.00 bits per heavy atom. The smallest absolute Gasteiger partial charge is 0.0909 e. The van der Waals surface area contributed by atoms with Gasteiger partial charge in [0.15, 0.2) is 0 Å². The number of quaternary nitrogens is 1. The van der Waals surface area contributed by atoms with Crippen molar-refractivity contribution in [2.45, 2.75) is 13.3 Å². The lowest BCUT2D eigenvalue weighted by Crippen LogP contribution is -2.50. The summed E-state index contributed by atoms with van der Waals surface area (Å²) in [5.41, 5.74) is 11.0. The summed E-state index contributed by atoms with van der Waals surface area (Å²) in [5.74, 6) is 0. The van der Waals surface area contributed by atoms with Crippen molar-refractivity contribution in [2.24, 2.45) is 11.5 Å². The van der Waals surface area contributed by atoms with Gasteiger partial charge >= 0.3 is 0 Å². The number of nitrogens with zero attached hydrogens (tertiary/aromatic N) is 1. The van der Waals surface area contributed by atoms with Gasteiger partial charge in [0.05, 0.1) is 26.7 Å². The van der Waals surface area contributed by atoms with Crippen LogP contribution in [-0.4, -0.2) is 44.3 Å². The minimum Gasteiger partial charge on any atom is -0.326 e. The molecule has 0 bridgehead atoms. The topological polar surface area (TPSA) is 52.0 Å². The highest BCUT2D eigenvalue weighted by atomic mass is 15.3. The summed E-state index contributed by atoms with van der Waals surface area (Å²) in [6, 6.07) is 0. The molecule has 0 saturated carbocycles. The zero-order valence-corrected chi connectivity index (χ0v) is 7.84. The third-order valence-electron chi connectivity index (χ3n) is 2.10. The molecule has 0 aliphatic carbocycles. The molecule has 68 valence electrons. The lowest BCUT2D eigenvalue weighted by atomic mass is 10.3. The lowest BCUT2D eigenvalue weighted by Gasteiger charge is -2.33. The van der Waals surface area contributed by atoms with Gasteiger partial charge in [0.2, 0.25) is 0 Å². The summed E-state index contributed by atoms with van der Waals surface area (Å²) in [4.78, 5) is 0. The van der Waals surface area contributed by atoms with Crippen molar-refractivity contribution < 1.29 is 4.48 Å². The number of likely N-dealkylation sites (N-methyl/N-ethyl adjacent to an activating group) is 1. The Morgan fingerprint density at radius 3 is 1.73 bits per heavy atom. The van der Waals surface area contributed by atoms with Crippen LogP contribution in [0.15, 0.2) is 0 Å². The molecule has 0 fully saturated rings. The molecule has 0 aliphatic rings. The Morgan fingerprint density at radius 2 is 1.45 bits per heavy atom. The van der Waals surface area contributed by atoms with E-state index < -0.39 is 0 Å². The number of hydrogen-bond donors (Lipinski definition) is 2. The van der Waals surface area contributed by atoms with E-state index in [1.54, 1.807) is 0 Å². The van der Waals surface area contributed by atoms with Gasteiger partial charge in [0.1, 0.15) is 0 Å². The fourth-order valence-corrected chi connectivity index (χ4v) is 1.50. The second kappa shape index (κ2) is 5.52. The Labute approximate surface area is 69.9 Å². The van der Waals surface area contributed by atoms with Crippen LogP contribution in [0.2, 0.25) is 0 Å². The van der Waals surface area contributed by atoms with Crippen molar-refractivity contribution in [1.29, 1.82) is 0 Å². The Balaban J connectivity index is 3.79. The van der Waals surface area contributed by atoms with E-state index in [4.69, 9.17) is 11.5 Å². The second-order valence-electron chi connectivity index (χ2n) is 3.37. The van der Waals surface area contributed by atoms with Crippen molar-refractivity contribution in [3.63, 3.8) is 0 Å². The first kappa shape index (κ1) is 10.9. The van der Waals surface area contributed by atoms with E-state index in [1.165, 1.54) is 13.0 Å². The first-order valence-corrected chi connectivity index (χ1v) is 4.42. The average Bonchev–Trinajstić information content (AvgIpc) is 1.88. The highest BCUT2D eigenvalue weighted by molar-refractivity contribution is 4.41. The second-order valence-corrected chi connectivity index (χ2v) is 3.37. The van der Waals surface area contributed by atoms with Crippen molar-refractivity contribution in [3.05, 3.63) is 0 Å². The van der Waals surface area contributed by atoms with Gasteiger partial charge in [-0.2, -0.15) is 0 Å². The minimum atomic E-state index is 0.760. The van der Waals surface area contributed by atoms with Gasteiger partial charge in [-0.3, -0.25) is 0 Å². The molecule has 0 unspecified atom stereocenters. The predicted octanol–water partition coefficient (Wildman–Crippen LogP) is -0.240. The molecule has 4 N–H and O–H groups in total. The van der Waals surface area contributed by atoms with Crippen LogP contribution in [0.25, 0.3) is 0 Å². The fraction of sp³-hybridized carbons (Fsp3) is 1.00. The quantitative estimate of drug-likeness (QED) is 0.527. The van der Waals surface area contributed by atoms with Crippen molar-refractivity contribution in [3.8, 4) is 0 Å². The molecule has 0 saturated heterocycles. The van der Waals surface area contributed by atoms with Crippen LogP contribution in [0.3, 0.4) is 0 Å². The third kappa shape index (κ3) is 4.35. The maximum absolute atomic E-state index is 5.52. The van der Waals surface area contributed by atoms with Gasteiger partial charge < -0.3 is 16.0 Å². The largest absolute Gasteiger partial charge is 0.326 e. The molecule has 0 aromatic heterocycles. The summed E-state index contributed by atoms with van der Waals surface area (Å²) in [6.45, 7) is 7.00. The number of hydrogen-bond acceptors (Lipinski definition) is 2. The van der Waals surface area contributed by atoms with Crippen molar-refractivity contribution in [2.75, 3.05) is 39.8 Å². The predicted molar refractivity (Wildman–Crippen MR) is 49.2 cm³/mol. The SMILES string of the molecule is CCC[N+](C)(CCN)CCN. The fourth-order valence-electron chi connectivity index (χ4n) is 1.50. The van der Waals surface area contributed by atoms with E-state index in [0.29, 0.717) is 0 Å². The molecule has 0 aromatic carbocycles. The molecule has 0 atom stereocenters. The maximum atomic E-state index is 5.52. The molecule has 0 aliphatic heterocycles. The number of rotatable bonds is 6. The van der Waals surface area contributed by atoms with Crippen LogP contribution < -0.4 is 11.5 Å². The van der Waals surface area contributed by atoms with Crippen LogP contribution >= 0.6 is 0 Å². The van der Waals surface area contributed by atoms with Crippen LogP contribution in [0.4, 0.5) is 0 Å². The summed E-state index contributed by atoms with van der Waals surface area (Å²) in [5, 5.41) is 0. The zero-order chi connectivity index (χ0) is 8.74. The molecule has 3 nitrogen and oxygen atoms in total. The van der Waals surface area contributed by atoms with Crippen LogP contribution in [0.1, 0.15) is 13.3 Å². The molecule has 11 heavy (non-hydrogen) atoms. The molecular formula is C8H22N3+. The standard InChI is InChI=1S/C8H22N3/c1-3-6-11(2,7-4-9)8-5-10/h3-10H2,1-2H3/q+1. The summed E-state index contributed by atoms with van der Waals surface area (Å²) in [6.07, 6.45) is 1.20. The summed E-state index contributed by atoms with van der Waals surface area (Å²) < 4.78 is 1.03. The average molecular weight is 160 g/mol. The molecule has 0 heterocycles. The monoisotopic (exact) mass is 160 g/mol. The van der Waals surface area contributed by atoms with E-state index >= 15 is 0 Å². The summed E-state index contributed by atoms with van der Waals surface area (Å²) in [7, 11) is 2.23. The molecule has 0 aromatic rings. The highest BCUT2D eigenvalue weighted by Gasteiger charge is 2.17. The van der Waals surface area contributed by atoms with E-state index in [-0.39, 0.29) is 0 Å². The Bertz CT molecular complexity index is 76.3. The van der Waals surface area contributed by atoms with Gasteiger partial charge in [-0.1, -0.05) is 6.92 Å². The molecule has 0 rings (SSSR count). The first-order valence-electron chi connectivity index (χ1n) is 4.42. The number of nitrogens with two attached hydrogens (primary N) is 2. The minimum absolute atomic E-state index is 0.760. The first-order chi connectivity index (χ1) is 5.18. The molecule has 0 spiro atoms. The molecular weight excluding hydrogens is 138 g/mol. The van der Waals surface area contributed by atoms with Crippen LogP contribution in [0.5, 0.6) is 0 Å². The third-order valence-corrected chi connectivity index (χ3v) is 2.10.